The molecule has 0 spiro atoms. The fraction of sp³-hybridized carbons (Fsp3) is 0.875. The number of rotatable bonds is 3. The molecule has 0 bridgehead atoms. The van der Waals surface area contributed by atoms with Crippen molar-refractivity contribution in [3.8, 4) is 0 Å². The predicted molar refractivity (Wildman–Crippen MR) is 42.9 cm³/mol. The summed E-state index contributed by atoms with van der Waals surface area (Å²) in [4.78, 5) is 10.2. The first-order chi connectivity index (χ1) is 6.39. The van der Waals surface area contributed by atoms with Crippen LogP contribution in [0.5, 0.6) is 0 Å². The Morgan fingerprint density at radius 2 is 2.07 bits per heavy atom. The van der Waals surface area contributed by atoms with Gasteiger partial charge in [0.1, 0.15) is 6.04 Å². The first kappa shape index (κ1) is 11.3. The summed E-state index contributed by atoms with van der Waals surface area (Å²) in [7, 11) is 0. The standard InChI is InChI=1S/C8H12F3NO2/c9-8(10,11)6-3-1-5(12-6)2-4-7(13)14/h5-6,12H,1-4H2,(H,13,14)/t5-,6+/m0/s1. The monoisotopic (exact) mass is 211 g/mol. The summed E-state index contributed by atoms with van der Waals surface area (Å²) in [5.74, 6) is -0.970. The highest BCUT2D eigenvalue weighted by Crippen LogP contribution is 2.29. The first-order valence-electron chi connectivity index (χ1n) is 4.44. The van der Waals surface area contributed by atoms with E-state index in [1.54, 1.807) is 0 Å². The molecule has 3 nitrogen and oxygen atoms in total. The molecule has 14 heavy (non-hydrogen) atoms. The largest absolute Gasteiger partial charge is 0.481 e. The Balaban J connectivity index is 2.31. The minimum absolute atomic E-state index is 0.0494. The number of alkyl halides is 3. The molecule has 0 saturated carbocycles. The molecule has 0 radical (unpaired) electrons. The van der Waals surface area contributed by atoms with Crippen LogP contribution in [0.25, 0.3) is 0 Å². The van der Waals surface area contributed by atoms with Gasteiger partial charge in [0.2, 0.25) is 0 Å². The van der Waals surface area contributed by atoms with Crippen LogP contribution in [-0.2, 0) is 4.79 Å². The van der Waals surface area contributed by atoms with Gasteiger partial charge >= 0.3 is 12.1 Å². The van der Waals surface area contributed by atoms with E-state index in [0.717, 1.165) is 0 Å². The molecule has 0 aliphatic carbocycles. The van der Waals surface area contributed by atoms with Crippen LogP contribution in [0, 0.1) is 0 Å². The molecule has 0 aromatic rings. The molecule has 82 valence electrons. The van der Waals surface area contributed by atoms with Gasteiger partial charge in [0, 0.05) is 12.5 Å². The summed E-state index contributed by atoms with van der Waals surface area (Å²) in [6, 6.07) is -1.76. The van der Waals surface area contributed by atoms with Gasteiger partial charge in [-0.3, -0.25) is 4.79 Å². The van der Waals surface area contributed by atoms with E-state index < -0.39 is 18.2 Å². The number of carboxylic acids is 1. The van der Waals surface area contributed by atoms with Crippen LogP contribution < -0.4 is 5.32 Å². The average Bonchev–Trinajstić information content (AvgIpc) is 2.47. The van der Waals surface area contributed by atoms with Crippen LogP contribution in [0.4, 0.5) is 13.2 Å². The molecule has 2 N–H and O–H groups in total. The maximum Gasteiger partial charge on any atom is 0.403 e. The van der Waals surface area contributed by atoms with Crippen molar-refractivity contribution < 1.29 is 23.1 Å². The normalized spacial score (nSPS) is 27.9. The summed E-state index contributed by atoms with van der Waals surface area (Å²) in [6.07, 6.45) is -3.58. The lowest BCUT2D eigenvalue weighted by Gasteiger charge is -2.16. The topological polar surface area (TPSA) is 49.3 Å². The second-order valence-corrected chi connectivity index (χ2v) is 3.47. The SMILES string of the molecule is O=C(O)CC[C@@H]1CC[C@H](C(F)(F)F)N1. The molecule has 6 heteroatoms. The van der Waals surface area contributed by atoms with E-state index in [9.17, 15) is 18.0 Å². The second kappa shape index (κ2) is 4.16. The molecule has 1 aliphatic rings. The highest BCUT2D eigenvalue weighted by atomic mass is 19.4. The van der Waals surface area contributed by atoms with Gasteiger partial charge in [-0.25, -0.2) is 0 Å². The van der Waals surface area contributed by atoms with E-state index in [-0.39, 0.29) is 25.3 Å². The zero-order chi connectivity index (χ0) is 10.8. The summed E-state index contributed by atoms with van der Waals surface area (Å²) >= 11 is 0. The van der Waals surface area contributed by atoms with Gasteiger partial charge in [-0.05, 0) is 19.3 Å². The maximum absolute atomic E-state index is 12.2. The van der Waals surface area contributed by atoms with Crippen molar-refractivity contribution in [3.63, 3.8) is 0 Å². The fourth-order valence-electron chi connectivity index (χ4n) is 1.60. The van der Waals surface area contributed by atoms with Gasteiger partial charge in [-0.1, -0.05) is 0 Å². The molecule has 0 unspecified atom stereocenters. The lowest BCUT2D eigenvalue weighted by Crippen LogP contribution is -2.40. The summed E-state index contributed by atoms with van der Waals surface area (Å²) in [5.41, 5.74) is 0. The lowest BCUT2D eigenvalue weighted by molar-refractivity contribution is -0.152. The van der Waals surface area contributed by atoms with Crippen LogP contribution in [0.3, 0.4) is 0 Å². The highest BCUT2D eigenvalue weighted by molar-refractivity contribution is 5.66. The van der Waals surface area contributed by atoms with Gasteiger partial charge in [-0.2, -0.15) is 13.2 Å². The minimum Gasteiger partial charge on any atom is -0.481 e. The van der Waals surface area contributed by atoms with Crippen molar-refractivity contribution in [2.24, 2.45) is 0 Å². The van der Waals surface area contributed by atoms with Crippen LogP contribution in [0.15, 0.2) is 0 Å². The Morgan fingerprint density at radius 3 is 2.50 bits per heavy atom. The lowest BCUT2D eigenvalue weighted by atomic mass is 10.1. The summed E-state index contributed by atoms with van der Waals surface area (Å²) in [6.45, 7) is 0. The second-order valence-electron chi connectivity index (χ2n) is 3.47. The number of hydrogen-bond acceptors (Lipinski definition) is 2. The van der Waals surface area contributed by atoms with Crippen molar-refractivity contribution in [3.05, 3.63) is 0 Å². The Hall–Kier alpha value is -0.780. The third-order valence-electron chi connectivity index (χ3n) is 2.34. The third-order valence-corrected chi connectivity index (χ3v) is 2.34. The van der Waals surface area contributed by atoms with E-state index in [4.69, 9.17) is 5.11 Å². The van der Waals surface area contributed by atoms with Crippen LogP contribution in [0.2, 0.25) is 0 Å². The number of halogens is 3. The van der Waals surface area contributed by atoms with Gasteiger partial charge in [-0.15, -0.1) is 0 Å². The minimum atomic E-state index is -4.21. The zero-order valence-corrected chi connectivity index (χ0v) is 7.47. The van der Waals surface area contributed by atoms with E-state index >= 15 is 0 Å². The highest BCUT2D eigenvalue weighted by Gasteiger charge is 2.43. The van der Waals surface area contributed by atoms with Gasteiger partial charge in [0.15, 0.2) is 0 Å². The predicted octanol–water partition coefficient (Wildman–Crippen LogP) is 1.53. The summed E-state index contributed by atoms with van der Waals surface area (Å²) < 4.78 is 36.5. The number of hydrogen-bond donors (Lipinski definition) is 2. The van der Waals surface area contributed by atoms with Gasteiger partial charge in [0.25, 0.3) is 0 Å². The molecule has 1 aliphatic heterocycles. The molecule has 1 saturated heterocycles. The fourth-order valence-corrected chi connectivity index (χ4v) is 1.60. The Bertz CT molecular complexity index is 217. The maximum atomic E-state index is 12.2. The smallest absolute Gasteiger partial charge is 0.403 e. The Kier molecular flexibility index (Phi) is 3.36. The molecule has 1 heterocycles. The molecular formula is C8H12F3NO2. The average molecular weight is 211 g/mol. The van der Waals surface area contributed by atoms with E-state index in [0.29, 0.717) is 6.42 Å². The van der Waals surface area contributed by atoms with Crippen LogP contribution >= 0.6 is 0 Å². The van der Waals surface area contributed by atoms with Crippen molar-refractivity contribution >= 4 is 5.97 Å². The van der Waals surface area contributed by atoms with Crippen molar-refractivity contribution in [2.75, 3.05) is 0 Å². The zero-order valence-electron chi connectivity index (χ0n) is 7.47. The van der Waals surface area contributed by atoms with Crippen LogP contribution in [0.1, 0.15) is 25.7 Å². The van der Waals surface area contributed by atoms with E-state index in [1.165, 1.54) is 0 Å². The first-order valence-corrected chi connectivity index (χ1v) is 4.44. The Morgan fingerprint density at radius 1 is 1.43 bits per heavy atom. The number of aliphatic carboxylic acids is 1. The molecule has 2 atom stereocenters. The number of carbonyl (C=O) groups is 1. The van der Waals surface area contributed by atoms with Crippen LogP contribution in [-0.4, -0.2) is 29.3 Å². The van der Waals surface area contributed by atoms with Crippen molar-refractivity contribution in [2.45, 2.75) is 43.9 Å². The number of carboxylic acid groups (broad SMARTS) is 1. The Labute approximate surface area is 79.3 Å². The van der Waals surface area contributed by atoms with E-state index in [2.05, 4.69) is 5.32 Å². The number of nitrogens with one attached hydrogen (secondary N) is 1. The van der Waals surface area contributed by atoms with Crippen molar-refractivity contribution in [1.29, 1.82) is 0 Å². The molecule has 1 fully saturated rings. The molecular weight excluding hydrogens is 199 g/mol. The van der Waals surface area contributed by atoms with Crippen molar-refractivity contribution in [1.82, 2.24) is 5.32 Å². The molecule has 0 aromatic carbocycles. The van der Waals surface area contributed by atoms with Gasteiger partial charge in [0.05, 0.1) is 0 Å². The van der Waals surface area contributed by atoms with Gasteiger partial charge < -0.3 is 10.4 Å². The molecule has 1 rings (SSSR count). The molecule has 0 amide bonds. The third kappa shape index (κ3) is 3.17. The van der Waals surface area contributed by atoms with E-state index in [1.807, 2.05) is 0 Å². The molecule has 0 aromatic heterocycles. The summed E-state index contributed by atoms with van der Waals surface area (Å²) in [5, 5.41) is 10.7. The quantitative estimate of drug-likeness (QED) is 0.744.